The fourth-order valence-corrected chi connectivity index (χ4v) is 2.55. The molecule has 3 atom stereocenters. The summed E-state index contributed by atoms with van der Waals surface area (Å²) in [5, 5.41) is 13.6. The smallest absolute Gasteiger partial charge is 0.0914 e. The third-order valence-electron chi connectivity index (χ3n) is 3.99. The summed E-state index contributed by atoms with van der Waals surface area (Å²) in [7, 11) is 2.18. The first-order valence-electron chi connectivity index (χ1n) is 6.83. The highest BCUT2D eigenvalue weighted by atomic mass is 16.3. The Morgan fingerprint density at radius 1 is 1.39 bits per heavy atom. The Morgan fingerprint density at radius 3 is 2.78 bits per heavy atom. The number of aliphatic hydroxyl groups excluding tert-OH is 1. The van der Waals surface area contributed by atoms with Crippen molar-refractivity contribution in [3.63, 3.8) is 0 Å². The van der Waals surface area contributed by atoms with Gasteiger partial charge in [0.25, 0.3) is 0 Å². The number of nitrogens with zero attached hydrogens (tertiary/aromatic N) is 1. The van der Waals surface area contributed by atoms with Crippen molar-refractivity contribution in [3.8, 4) is 0 Å². The molecule has 0 amide bonds. The molecule has 1 aliphatic heterocycles. The number of likely N-dealkylation sites (tertiary alicyclic amines) is 1. The molecule has 1 fully saturated rings. The van der Waals surface area contributed by atoms with Crippen molar-refractivity contribution in [3.05, 3.63) is 35.9 Å². The third-order valence-corrected chi connectivity index (χ3v) is 3.99. The molecule has 0 radical (unpaired) electrons. The predicted octanol–water partition coefficient (Wildman–Crippen LogP) is 1.79. The molecule has 0 saturated carbocycles. The van der Waals surface area contributed by atoms with Gasteiger partial charge in [0.2, 0.25) is 0 Å². The molecular formula is C15H24N2O. The van der Waals surface area contributed by atoms with Crippen LogP contribution in [0, 0.1) is 0 Å². The molecule has 1 aromatic carbocycles. The Labute approximate surface area is 110 Å². The SMILES string of the molecule is CC1CC(NCC(O)c2ccccc2)CCN1C. The highest BCUT2D eigenvalue weighted by molar-refractivity contribution is 5.17. The Morgan fingerprint density at radius 2 is 2.11 bits per heavy atom. The highest BCUT2D eigenvalue weighted by Gasteiger charge is 2.22. The van der Waals surface area contributed by atoms with Crippen molar-refractivity contribution in [1.82, 2.24) is 10.2 Å². The van der Waals surface area contributed by atoms with E-state index in [0.29, 0.717) is 18.6 Å². The van der Waals surface area contributed by atoms with Crippen molar-refractivity contribution in [1.29, 1.82) is 0 Å². The number of benzene rings is 1. The Balaban J connectivity index is 1.78. The molecule has 3 nitrogen and oxygen atoms in total. The number of piperidine rings is 1. The summed E-state index contributed by atoms with van der Waals surface area (Å²) < 4.78 is 0. The topological polar surface area (TPSA) is 35.5 Å². The summed E-state index contributed by atoms with van der Waals surface area (Å²) in [6.07, 6.45) is 1.93. The van der Waals surface area contributed by atoms with Gasteiger partial charge in [0, 0.05) is 18.6 Å². The summed E-state index contributed by atoms with van der Waals surface area (Å²) >= 11 is 0. The van der Waals surface area contributed by atoms with E-state index < -0.39 is 6.10 Å². The van der Waals surface area contributed by atoms with Crippen LogP contribution < -0.4 is 5.32 Å². The van der Waals surface area contributed by atoms with Crippen LogP contribution in [0.5, 0.6) is 0 Å². The van der Waals surface area contributed by atoms with Crippen molar-refractivity contribution >= 4 is 0 Å². The number of nitrogens with one attached hydrogen (secondary N) is 1. The first-order chi connectivity index (χ1) is 8.66. The average Bonchev–Trinajstić information content (AvgIpc) is 2.41. The van der Waals surface area contributed by atoms with Gasteiger partial charge in [0.1, 0.15) is 0 Å². The minimum atomic E-state index is -0.402. The quantitative estimate of drug-likeness (QED) is 0.853. The van der Waals surface area contributed by atoms with Crippen LogP contribution in [0.3, 0.4) is 0 Å². The van der Waals surface area contributed by atoms with Crippen molar-refractivity contribution in [2.45, 2.75) is 38.0 Å². The molecule has 1 heterocycles. The molecule has 2 N–H and O–H groups in total. The maximum absolute atomic E-state index is 10.1. The summed E-state index contributed by atoms with van der Waals surface area (Å²) in [5.74, 6) is 0. The van der Waals surface area contributed by atoms with E-state index in [1.807, 2.05) is 30.3 Å². The first kappa shape index (κ1) is 13.5. The van der Waals surface area contributed by atoms with Crippen LogP contribution in [0.25, 0.3) is 0 Å². The number of rotatable bonds is 4. The molecule has 0 aromatic heterocycles. The lowest BCUT2D eigenvalue weighted by Crippen LogP contribution is -2.46. The van der Waals surface area contributed by atoms with Crippen LogP contribution in [-0.2, 0) is 0 Å². The zero-order chi connectivity index (χ0) is 13.0. The van der Waals surface area contributed by atoms with E-state index in [1.54, 1.807) is 0 Å². The lowest BCUT2D eigenvalue weighted by Gasteiger charge is -2.35. The monoisotopic (exact) mass is 248 g/mol. The van der Waals surface area contributed by atoms with Gasteiger partial charge in [0.05, 0.1) is 6.10 Å². The molecule has 1 aliphatic rings. The second-order valence-electron chi connectivity index (χ2n) is 5.39. The van der Waals surface area contributed by atoms with Crippen molar-refractivity contribution in [2.24, 2.45) is 0 Å². The van der Waals surface area contributed by atoms with Gasteiger partial charge in [0.15, 0.2) is 0 Å². The van der Waals surface area contributed by atoms with Gasteiger partial charge in [-0.3, -0.25) is 0 Å². The molecule has 1 saturated heterocycles. The van der Waals surface area contributed by atoms with E-state index in [9.17, 15) is 5.11 Å². The standard InChI is InChI=1S/C15H24N2O/c1-12-10-14(8-9-17(12)2)16-11-15(18)13-6-4-3-5-7-13/h3-7,12,14-16,18H,8-11H2,1-2H3. The second-order valence-corrected chi connectivity index (χ2v) is 5.39. The van der Waals surface area contributed by atoms with Crippen molar-refractivity contribution in [2.75, 3.05) is 20.1 Å². The lowest BCUT2D eigenvalue weighted by molar-refractivity contribution is 0.139. The van der Waals surface area contributed by atoms with Gasteiger partial charge >= 0.3 is 0 Å². The molecule has 18 heavy (non-hydrogen) atoms. The van der Waals surface area contributed by atoms with Crippen LogP contribution >= 0.6 is 0 Å². The molecule has 1 aromatic rings. The molecule has 0 spiro atoms. The Hall–Kier alpha value is -0.900. The van der Waals surface area contributed by atoms with E-state index >= 15 is 0 Å². The fraction of sp³-hybridized carbons (Fsp3) is 0.600. The van der Waals surface area contributed by atoms with Gasteiger partial charge in [-0.05, 0) is 38.9 Å². The highest BCUT2D eigenvalue weighted by Crippen LogP contribution is 2.17. The molecule has 0 bridgehead atoms. The van der Waals surface area contributed by atoms with E-state index in [4.69, 9.17) is 0 Å². The predicted molar refractivity (Wildman–Crippen MR) is 74.5 cm³/mol. The molecule has 0 aliphatic carbocycles. The van der Waals surface area contributed by atoms with Gasteiger partial charge in [-0.15, -0.1) is 0 Å². The molecule has 2 rings (SSSR count). The van der Waals surface area contributed by atoms with Gasteiger partial charge in [-0.1, -0.05) is 30.3 Å². The summed E-state index contributed by atoms with van der Waals surface area (Å²) in [6.45, 7) is 4.05. The number of aliphatic hydroxyl groups is 1. The Kier molecular flexibility index (Phi) is 4.75. The number of hydrogen-bond donors (Lipinski definition) is 2. The van der Waals surface area contributed by atoms with E-state index in [0.717, 1.165) is 18.5 Å². The molecule has 100 valence electrons. The third kappa shape index (κ3) is 3.55. The van der Waals surface area contributed by atoms with Crippen LogP contribution in [0.2, 0.25) is 0 Å². The van der Waals surface area contributed by atoms with Gasteiger partial charge in [-0.25, -0.2) is 0 Å². The van der Waals surface area contributed by atoms with Crippen LogP contribution in [0.1, 0.15) is 31.4 Å². The second kappa shape index (κ2) is 6.32. The van der Waals surface area contributed by atoms with Gasteiger partial charge in [-0.2, -0.15) is 0 Å². The Bertz CT molecular complexity index is 355. The minimum absolute atomic E-state index is 0.402. The van der Waals surface area contributed by atoms with E-state index in [-0.39, 0.29) is 0 Å². The lowest BCUT2D eigenvalue weighted by atomic mass is 9.98. The zero-order valence-electron chi connectivity index (χ0n) is 11.3. The minimum Gasteiger partial charge on any atom is -0.387 e. The average molecular weight is 248 g/mol. The molecular weight excluding hydrogens is 224 g/mol. The maximum Gasteiger partial charge on any atom is 0.0914 e. The normalized spacial score (nSPS) is 27.1. The van der Waals surface area contributed by atoms with Crippen molar-refractivity contribution < 1.29 is 5.11 Å². The maximum atomic E-state index is 10.1. The summed E-state index contributed by atoms with van der Waals surface area (Å²) in [6, 6.07) is 11.0. The van der Waals surface area contributed by atoms with E-state index in [2.05, 4.69) is 24.2 Å². The van der Waals surface area contributed by atoms with E-state index in [1.165, 1.54) is 6.42 Å². The number of hydrogen-bond acceptors (Lipinski definition) is 3. The summed E-state index contributed by atoms with van der Waals surface area (Å²) in [4.78, 5) is 2.39. The molecule has 3 heteroatoms. The van der Waals surface area contributed by atoms with Crippen LogP contribution in [0.4, 0.5) is 0 Å². The van der Waals surface area contributed by atoms with Gasteiger partial charge < -0.3 is 15.3 Å². The largest absolute Gasteiger partial charge is 0.387 e. The first-order valence-corrected chi connectivity index (χ1v) is 6.83. The zero-order valence-corrected chi connectivity index (χ0v) is 11.3. The van der Waals surface area contributed by atoms with Crippen LogP contribution in [0.15, 0.2) is 30.3 Å². The fourth-order valence-electron chi connectivity index (χ4n) is 2.55. The molecule has 3 unspecified atom stereocenters. The summed E-state index contributed by atoms with van der Waals surface area (Å²) in [5.41, 5.74) is 0.992. The van der Waals surface area contributed by atoms with Crippen LogP contribution in [-0.4, -0.2) is 42.2 Å².